The van der Waals surface area contributed by atoms with E-state index in [0.717, 1.165) is 0 Å². The molecule has 6 heteroatoms. The van der Waals surface area contributed by atoms with Crippen LogP contribution in [0, 0.1) is 18.3 Å². The van der Waals surface area contributed by atoms with Crippen LogP contribution in [-0.4, -0.2) is 18.7 Å². The number of nitrogens with zero attached hydrogens (tertiary/aromatic N) is 2. The number of nitriles is 1. The molecule has 1 aromatic heterocycles. The van der Waals surface area contributed by atoms with Crippen LogP contribution in [0.3, 0.4) is 0 Å². The average Bonchev–Trinajstić information content (AvgIpc) is 2.37. The van der Waals surface area contributed by atoms with Gasteiger partial charge in [-0.2, -0.15) is 5.26 Å². The molecule has 0 aliphatic rings. The van der Waals surface area contributed by atoms with Crippen molar-refractivity contribution in [3.8, 4) is 6.07 Å². The molecule has 0 amide bonds. The summed E-state index contributed by atoms with van der Waals surface area (Å²) in [7, 11) is -3.71. The fraction of sp³-hybridized carbons (Fsp3) is 0.231. The second-order valence-electron chi connectivity index (χ2n) is 4.25. The average molecular weight is 275 g/mol. The molecular formula is C13H13N3O2S. The van der Waals surface area contributed by atoms with Crippen molar-refractivity contribution in [3.05, 3.63) is 36.0 Å². The van der Waals surface area contributed by atoms with Gasteiger partial charge in [-0.3, -0.25) is 9.71 Å². The minimum absolute atomic E-state index is 0.449. The number of aromatic nitrogens is 1. The van der Waals surface area contributed by atoms with E-state index in [2.05, 4.69) is 9.71 Å². The fourth-order valence-corrected chi connectivity index (χ4v) is 2.49. The monoisotopic (exact) mass is 275 g/mol. The van der Waals surface area contributed by atoms with E-state index >= 15 is 0 Å². The van der Waals surface area contributed by atoms with Crippen molar-refractivity contribution in [2.24, 2.45) is 0 Å². The molecule has 2 rings (SSSR count). The Morgan fingerprint density at radius 3 is 2.74 bits per heavy atom. The van der Waals surface area contributed by atoms with Crippen LogP contribution in [0.1, 0.15) is 12.6 Å². The molecule has 1 atom stereocenters. The van der Waals surface area contributed by atoms with E-state index in [9.17, 15) is 8.42 Å². The Morgan fingerprint density at radius 2 is 2.05 bits per heavy atom. The molecule has 1 aromatic carbocycles. The van der Waals surface area contributed by atoms with Crippen molar-refractivity contribution >= 4 is 26.6 Å². The van der Waals surface area contributed by atoms with Crippen molar-refractivity contribution in [1.82, 2.24) is 4.98 Å². The maximum Gasteiger partial charge on any atom is 0.248 e. The molecule has 0 radical (unpaired) electrons. The van der Waals surface area contributed by atoms with Gasteiger partial charge >= 0.3 is 0 Å². The summed E-state index contributed by atoms with van der Waals surface area (Å²) >= 11 is 0. The molecule has 0 aliphatic heterocycles. The van der Waals surface area contributed by atoms with Crippen molar-refractivity contribution in [2.75, 3.05) is 4.72 Å². The number of rotatable bonds is 3. The first-order valence-corrected chi connectivity index (χ1v) is 7.26. The maximum absolute atomic E-state index is 11.9. The summed E-state index contributed by atoms with van der Waals surface area (Å²) < 4.78 is 26.3. The molecule has 0 spiro atoms. The SMILES string of the molecule is Cc1cc(NS(=O)(=O)C(C)C#N)c2ccccc2n1. The van der Waals surface area contributed by atoms with Gasteiger partial charge in [0.2, 0.25) is 10.0 Å². The number of para-hydroxylation sites is 1. The van der Waals surface area contributed by atoms with Crippen LogP contribution < -0.4 is 4.72 Å². The third kappa shape index (κ3) is 2.66. The second kappa shape index (κ2) is 4.86. The lowest BCUT2D eigenvalue weighted by Crippen LogP contribution is -2.24. The van der Waals surface area contributed by atoms with Gasteiger partial charge in [0.1, 0.15) is 0 Å². The molecular weight excluding hydrogens is 262 g/mol. The Morgan fingerprint density at radius 1 is 1.37 bits per heavy atom. The minimum atomic E-state index is -3.71. The number of benzene rings is 1. The first kappa shape index (κ1) is 13.3. The van der Waals surface area contributed by atoms with Gasteiger partial charge in [-0.1, -0.05) is 18.2 Å². The highest BCUT2D eigenvalue weighted by molar-refractivity contribution is 7.93. The van der Waals surface area contributed by atoms with Crippen molar-refractivity contribution in [1.29, 1.82) is 5.26 Å². The Balaban J connectivity index is 2.55. The van der Waals surface area contributed by atoms with Gasteiger partial charge in [-0.25, -0.2) is 8.42 Å². The molecule has 0 bridgehead atoms. The molecule has 1 heterocycles. The maximum atomic E-state index is 11.9. The van der Waals surface area contributed by atoms with Crippen molar-refractivity contribution < 1.29 is 8.42 Å². The lowest BCUT2D eigenvalue weighted by atomic mass is 10.2. The lowest BCUT2D eigenvalue weighted by Gasteiger charge is -2.12. The zero-order valence-electron chi connectivity index (χ0n) is 10.6. The van der Waals surface area contributed by atoms with E-state index in [-0.39, 0.29) is 0 Å². The predicted octanol–water partition coefficient (Wildman–Crippen LogP) is 2.20. The Kier molecular flexibility index (Phi) is 3.40. The summed E-state index contributed by atoms with van der Waals surface area (Å²) in [5.41, 5.74) is 1.87. The number of fused-ring (bicyclic) bond motifs is 1. The third-order valence-electron chi connectivity index (χ3n) is 2.74. The normalized spacial score (nSPS) is 12.9. The highest BCUT2D eigenvalue weighted by Crippen LogP contribution is 2.24. The molecule has 0 aliphatic carbocycles. The third-order valence-corrected chi connectivity index (χ3v) is 4.28. The highest BCUT2D eigenvalue weighted by Gasteiger charge is 2.21. The van der Waals surface area contributed by atoms with Crippen LogP contribution in [0.25, 0.3) is 10.9 Å². The topological polar surface area (TPSA) is 82.9 Å². The van der Waals surface area contributed by atoms with Crippen LogP contribution >= 0.6 is 0 Å². The van der Waals surface area contributed by atoms with Crippen LogP contribution in [0.2, 0.25) is 0 Å². The molecule has 0 saturated carbocycles. The molecule has 0 fully saturated rings. The molecule has 2 aromatic rings. The van der Waals surface area contributed by atoms with E-state index in [1.807, 2.05) is 18.2 Å². The molecule has 5 nitrogen and oxygen atoms in total. The fourth-order valence-electron chi connectivity index (χ4n) is 1.70. The lowest BCUT2D eigenvalue weighted by molar-refractivity contribution is 0.597. The number of anilines is 1. The van der Waals surface area contributed by atoms with E-state index < -0.39 is 15.3 Å². The van der Waals surface area contributed by atoms with Crippen LogP contribution in [-0.2, 0) is 10.0 Å². The van der Waals surface area contributed by atoms with Gasteiger partial charge in [0.15, 0.2) is 5.25 Å². The Bertz CT molecular complexity index is 763. The molecule has 1 unspecified atom stereocenters. The zero-order chi connectivity index (χ0) is 14.0. The number of hydrogen-bond acceptors (Lipinski definition) is 4. The van der Waals surface area contributed by atoms with Crippen molar-refractivity contribution in [2.45, 2.75) is 19.1 Å². The van der Waals surface area contributed by atoms with Gasteiger partial charge in [-0.15, -0.1) is 0 Å². The summed E-state index contributed by atoms with van der Waals surface area (Å²) in [5.74, 6) is 0. The van der Waals surface area contributed by atoms with Gasteiger partial charge in [-0.05, 0) is 26.0 Å². The number of sulfonamides is 1. The first-order valence-electron chi connectivity index (χ1n) is 5.71. The van der Waals surface area contributed by atoms with Gasteiger partial charge in [0, 0.05) is 11.1 Å². The summed E-state index contributed by atoms with van der Waals surface area (Å²) in [6.45, 7) is 3.14. The predicted molar refractivity (Wildman–Crippen MR) is 74.1 cm³/mol. The van der Waals surface area contributed by atoms with E-state index in [0.29, 0.717) is 22.3 Å². The summed E-state index contributed by atoms with van der Waals surface area (Å²) in [4.78, 5) is 4.33. The number of aryl methyl sites for hydroxylation is 1. The van der Waals surface area contributed by atoms with Crippen molar-refractivity contribution in [3.63, 3.8) is 0 Å². The van der Waals surface area contributed by atoms with Crippen LogP contribution in [0.15, 0.2) is 30.3 Å². The van der Waals surface area contributed by atoms with Crippen LogP contribution in [0.4, 0.5) is 5.69 Å². The van der Waals surface area contributed by atoms with E-state index in [4.69, 9.17) is 5.26 Å². The van der Waals surface area contributed by atoms with E-state index in [1.54, 1.807) is 25.1 Å². The molecule has 98 valence electrons. The first-order chi connectivity index (χ1) is 8.94. The largest absolute Gasteiger partial charge is 0.282 e. The smallest absolute Gasteiger partial charge is 0.248 e. The Labute approximate surface area is 111 Å². The summed E-state index contributed by atoms with van der Waals surface area (Å²) in [5, 5.41) is 8.33. The highest BCUT2D eigenvalue weighted by atomic mass is 32.2. The molecule has 0 saturated heterocycles. The number of pyridine rings is 1. The summed E-state index contributed by atoms with van der Waals surface area (Å²) in [6.07, 6.45) is 0. The molecule has 1 N–H and O–H groups in total. The zero-order valence-corrected chi connectivity index (χ0v) is 11.4. The summed E-state index contributed by atoms with van der Waals surface area (Å²) in [6, 6.07) is 10.6. The standard InChI is InChI=1S/C13H13N3O2S/c1-9-7-13(16-19(17,18)10(2)8-14)11-5-3-4-6-12(11)15-9/h3-7,10H,1-2H3,(H,15,16). The van der Waals surface area contributed by atoms with Crippen LogP contribution in [0.5, 0.6) is 0 Å². The quantitative estimate of drug-likeness (QED) is 0.930. The van der Waals surface area contributed by atoms with Gasteiger partial charge in [0.05, 0.1) is 17.3 Å². The Hall–Kier alpha value is -2.13. The number of hydrogen-bond donors (Lipinski definition) is 1. The number of nitrogens with one attached hydrogen (secondary N) is 1. The minimum Gasteiger partial charge on any atom is -0.282 e. The second-order valence-corrected chi connectivity index (χ2v) is 6.25. The van der Waals surface area contributed by atoms with Gasteiger partial charge in [0.25, 0.3) is 0 Å². The molecule has 19 heavy (non-hydrogen) atoms. The van der Waals surface area contributed by atoms with Gasteiger partial charge < -0.3 is 0 Å². The van der Waals surface area contributed by atoms with E-state index in [1.165, 1.54) is 6.92 Å².